The summed E-state index contributed by atoms with van der Waals surface area (Å²) in [6.07, 6.45) is -0.648. The van der Waals surface area contributed by atoms with Crippen LogP contribution in [0, 0.1) is 0 Å². The van der Waals surface area contributed by atoms with Crippen LogP contribution < -0.4 is 0 Å². The second kappa shape index (κ2) is 4.79. The lowest BCUT2D eigenvalue weighted by atomic mass is 10.2. The lowest BCUT2D eigenvalue weighted by Crippen LogP contribution is -2.42. The van der Waals surface area contributed by atoms with Crippen LogP contribution in [-0.2, 0) is 19.0 Å². The van der Waals surface area contributed by atoms with Crippen LogP contribution >= 0.6 is 11.6 Å². The fraction of sp³-hybridized carbons (Fsp3) is 0.875. The number of alkyl halides is 1. The standard InChI is InChI=1S/C8H13ClO4/c1-5-6(2)12-8(4-11-5)13-7(10)3-9/h5-6,8H,3-4H2,1-2H3/t5-,6-,8-/m0/s1. The van der Waals surface area contributed by atoms with Gasteiger partial charge in [0.05, 0.1) is 12.2 Å². The Balaban J connectivity index is 2.33. The molecule has 13 heavy (non-hydrogen) atoms. The van der Waals surface area contributed by atoms with E-state index in [0.29, 0.717) is 0 Å². The highest BCUT2D eigenvalue weighted by Crippen LogP contribution is 2.14. The van der Waals surface area contributed by atoms with E-state index >= 15 is 0 Å². The Bertz CT molecular complexity index is 185. The van der Waals surface area contributed by atoms with Crippen molar-refractivity contribution in [2.45, 2.75) is 32.3 Å². The minimum Gasteiger partial charge on any atom is -0.432 e. The summed E-state index contributed by atoms with van der Waals surface area (Å²) >= 11 is 5.27. The molecule has 1 heterocycles. The first-order chi connectivity index (χ1) is 6.13. The lowest BCUT2D eigenvalue weighted by Gasteiger charge is -2.32. The normalized spacial score (nSPS) is 34.2. The molecule has 0 spiro atoms. The van der Waals surface area contributed by atoms with Gasteiger partial charge in [-0.15, -0.1) is 11.6 Å². The molecule has 0 N–H and O–H groups in total. The molecule has 1 aliphatic rings. The molecule has 0 aromatic rings. The Morgan fingerprint density at radius 2 is 2.23 bits per heavy atom. The summed E-state index contributed by atoms with van der Waals surface area (Å²) in [7, 11) is 0. The first kappa shape index (κ1) is 10.8. The van der Waals surface area contributed by atoms with Crippen molar-refractivity contribution in [3.05, 3.63) is 0 Å². The first-order valence-corrected chi connectivity index (χ1v) is 4.69. The second-order valence-corrected chi connectivity index (χ2v) is 3.20. The molecule has 0 radical (unpaired) electrons. The molecule has 1 saturated heterocycles. The quantitative estimate of drug-likeness (QED) is 0.500. The smallest absolute Gasteiger partial charge is 0.323 e. The van der Waals surface area contributed by atoms with Crippen LogP contribution in [0.15, 0.2) is 0 Å². The number of carbonyl (C=O) groups is 1. The van der Waals surface area contributed by atoms with Gasteiger partial charge in [0.2, 0.25) is 6.29 Å². The summed E-state index contributed by atoms with van der Waals surface area (Å²) in [6.45, 7) is 4.05. The molecule has 0 aliphatic carbocycles. The average molecular weight is 209 g/mol. The van der Waals surface area contributed by atoms with E-state index in [4.69, 9.17) is 25.8 Å². The molecule has 4 nitrogen and oxygen atoms in total. The summed E-state index contributed by atoms with van der Waals surface area (Å²) in [5, 5.41) is 0. The average Bonchev–Trinajstić information content (AvgIpc) is 2.11. The zero-order valence-electron chi connectivity index (χ0n) is 7.66. The maximum atomic E-state index is 10.8. The van der Waals surface area contributed by atoms with Crippen LogP contribution in [0.5, 0.6) is 0 Å². The lowest BCUT2D eigenvalue weighted by molar-refractivity contribution is -0.251. The number of hydrogen-bond acceptors (Lipinski definition) is 4. The van der Waals surface area contributed by atoms with Gasteiger partial charge in [0.15, 0.2) is 0 Å². The predicted molar refractivity (Wildman–Crippen MR) is 46.6 cm³/mol. The SMILES string of the molecule is C[C@@H]1OC[C@H](OC(=O)CCl)O[C@H]1C. The number of esters is 1. The van der Waals surface area contributed by atoms with Gasteiger partial charge in [-0.05, 0) is 13.8 Å². The zero-order valence-corrected chi connectivity index (χ0v) is 8.41. The fourth-order valence-electron chi connectivity index (χ4n) is 0.995. The Hall–Kier alpha value is -0.320. The molecule has 1 aliphatic heterocycles. The summed E-state index contributed by atoms with van der Waals surface area (Å²) in [4.78, 5) is 10.8. The molecule has 0 amide bonds. The first-order valence-electron chi connectivity index (χ1n) is 4.16. The van der Waals surface area contributed by atoms with E-state index in [1.807, 2.05) is 13.8 Å². The van der Waals surface area contributed by atoms with Gasteiger partial charge >= 0.3 is 5.97 Å². The summed E-state index contributed by atoms with van der Waals surface area (Å²) in [6, 6.07) is 0. The number of ether oxygens (including phenoxy) is 3. The van der Waals surface area contributed by atoms with Crippen molar-refractivity contribution in [2.75, 3.05) is 12.5 Å². The largest absolute Gasteiger partial charge is 0.432 e. The third-order valence-electron chi connectivity index (χ3n) is 1.89. The molecule has 0 bridgehead atoms. The van der Waals surface area contributed by atoms with Crippen LogP contribution in [0.3, 0.4) is 0 Å². The van der Waals surface area contributed by atoms with E-state index in [0.717, 1.165) is 0 Å². The van der Waals surface area contributed by atoms with Crippen molar-refractivity contribution in [2.24, 2.45) is 0 Å². The number of halogens is 1. The molecule has 5 heteroatoms. The van der Waals surface area contributed by atoms with Crippen LogP contribution in [0.4, 0.5) is 0 Å². The van der Waals surface area contributed by atoms with Crippen molar-refractivity contribution in [3.8, 4) is 0 Å². The van der Waals surface area contributed by atoms with Gasteiger partial charge in [-0.1, -0.05) is 0 Å². The minimum atomic E-state index is -0.613. The van der Waals surface area contributed by atoms with Gasteiger partial charge in [0, 0.05) is 0 Å². The molecule has 0 aromatic heterocycles. The molecule has 0 saturated carbocycles. The van der Waals surface area contributed by atoms with Crippen LogP contribution in [0.1, 0.15) is 13.8 Å². The van der Waals surface area contributed by atoms with E-state index in [1.165, 1.54) is 0 Å². The van der Waals surface area contributed by atoms with Crippen LogP contribution in [-0.4, -0.2) is 37.0 Å². The van der Waals surface area contributed by atoms with Crippen molar-refractivity contribution in [3.63, 3.8) is 0 Å². The summed E-state index contributed by atoms with van der Waals surface area (Å²) in [5.41, 5.74) is 0. The third-order valence-corrected chi connectivity index (χ3v) is 2.11. The minimum absolute atomic E-state index is 0.0333. The number of carbonyl (C=O) groups excluding carboxylic acids is 1. The van der Waals surface area contributed by atoms with E-state index in [-0.39, 0.29) is 24.7 Å². The topological polar surface area (TPSA) is 44.8 Å². The molecule has 3 atom stereocenters. The van der Waals surface area contributed by atoms with Gasteiger partial charge in [-0.25, -0.2) is 0 Å². The second-order valence-electron chi connectivity index (χ2n) is 2.93. The molecular formula is C8H13ClO4. The van der Waals surface area contributed by atoms with Crippen molar-refractivity contribution >= 4 is 17.6 Å². The highest BCUT2D eigenvalue weighted by molar-refractivity contribution is 6.26. The molecule has 1 rings (SSSR count). The maximum Gasteiger partial charge on any atom is 0.323 e. The van der Waals surface area contributed by atoms with Crippen molar-refractivity contribution in [1.82, 2.24) is 0 Å². The molecular weight excluding hydrogens is 196 g/mol. The Kier molecular flexibility index (Phi) is 3.96. The van der Waals surface area contributed by atoms with E-state index in [2.05, 4.69) is 0 Å². The highest BCUT2D eigenvalue weighted by Gasteiger charge is 2.27. The maximum absolute atomic E-state index is 10.8. The molecule has 1 fully saturated rings. The third kappa shape index (κ3) is 3.14. The van der Waals surface area contributed by atoms with Gasteiger partial charge in [0.1, 0.15) is 12.5 Å². The van der Waals surface area contributed by atoms with E-state index < -0.39 is 12.3 Å². The van der Waals surface area contributed by atoms with Crippen molar-refractivity contribution in [1.29, 1.82) is 0 Å². The predicted octanol–water partition coefficient (Wildman–Crippen LogP) is 0.918. The van der Waals surface area contributed by atoms with E-state index in [9.17, 15) is 4.79 Å². The molecule has 76 valence electrons. The zero-order chi connectivity index (χ0) is 9.84. The van der Waals surface area contributed by atoms with E-state index in [1.54, 1.807) is 0 Å². The van der Waals surface area contributed by atoms with Gasteiger partial charge in [0.25, 0.3) is 0 Å². The number of hydrogen-bond donors (Lipinski definition) is 0. The Labute approximate surface area is 82.1 Å². The van der Waals surface area contributed by atoms with Gasteiger partial charge in [-0.2, -0.15) is 0 Å². The molecule has 0 unspecified atom stereocenters. The summed E-state index contributed by atoms with van der Waals surface area (Å²) < 4.78 is 15.5. The molecule has 0 aromatic carbocycles. The van der Waals surface area contributed by atoms with Gasteiger partial charge < -0.3 is 14.2 Å². The monoisotopic (exact) mass is 208 g/mol. The number of rotatable bonds is 2. The highest BCUT2D eigenvalue weighted by atomic mass is 35.5. The Morgan fingerprint density at radius 3 is 2.77 bits per heavy atom. The fourth-order valence-corrected chi connectivity index (χ4v) is 1.06. The van der Waals surface area contributed by atoms with Crippen LogP contribution in [0.2, 0.25) is 0 Å². The van der Waals surface area contributed by atoms with Crippen LogP contribution in [0.25, 0.3) is 0 Å². The van der Waals surface area contributed by atoms with Gasteiger partial charge in [-0.3, -0.25) is 4.79 Å². The summed E-state index contributed by atoms with van der Waals surface area (Å²) in [5.74, 6) is -0.652. The Morgan fingerprint density at radius 1 is 1.54 bits per heavy atom. The van der Waals surface area contributed by atoms with Crippen molar-refractivity contribution < 1.29 is 19.0 Å².